The Balaban J connectivity index is 1.93. The van der Waals surface area contributed by atoms with Crippen LogP contribution in [-0.4, -0.2) is 31.3 Å². The fourth-order valence-electron chi connectivity index (χ4n) is 3.12. The molecular formula is C12H18N4O2. The van der Waals surface area contributed by atoms with Crippen molar-refractivity contribution < 1.29 is 9.90 Å². The normalized spacial score (nSPS) is 32.9. The highest BCUT2D eigenvalue weighted by Crippen LogP contribution is 2.57. The minimum atomic E-state index is -1.04. The van der Waals surface area contributed by atoms with E-state index >= 15 is 0 Å². The Kier molecular flexibility index (Phi) is 2.43. The third-order valence-electron chi connectivity index (χ3n) is 4.72. The minimum absolute atomic E-state index is 0.342. The quantitative estimate of drug-likeness (QED) is 0.873. The molecule has 3 unspecified atom stereocenters. The monoisotopic (exact) mass is 250 g/mol. The number of aromatic nitrogens is 4. The van der Waals surface area contributed by atoms with Gasteiger partial charge in [-0.3, -0.25) is 0 Å². The molecule has 18 heavy (non-hydrogen) atoms. The van der Waals surface area contributed by atoms with E-state index in [0.717, 1.165) is 30.5 Å². The van der Waals surface area contributed by atoms with Crippen molar-refractivity contribution in [1.29, 1.82) is 0 Å². The van der Waals surface area contributed by atoms with E-state index in [9.17, 15) is 9.90 Å². The molecule has 98 valence electrons. The van der Waals surface area contributed by atoms with E-state index in [1.54, 1.807) is 6.92 Å². The molecule has 1 N–H and O–H groups in total. The summed E-state index contributed by atoms with van der Waals surface area (Å²) in [6.45, 7) is 3.54. The van der Waals surface area contributed by atoms with Crippen LogP contribution in [0.5, 0.6) is 0 Å². The van der Waals surface area contributed by atoms with E-state index in [0.29, 0.717) is 12.3 Å². The van der Waals surface area contributed by atoms with Gasteiger partial charge >= 0.3 is 5.97 Å². The summed E-state index contributed by atoms with van der Waals surface area (Å²) in [7, 11) is 0. The van der Waals surface area contributed by atoms with Gasteiger partial charge < -0.3 is 5.11 Å². The Morgan fingerprint density at radius 1 is 1.44 bits per heavy atom. The second-order valence-corrected chi connectivity index (χ2v) is 5.81. The maximum Gasteiger partial charge on any atom is 0.331 e. The predicted molar refractivity (Wildman–Crippen MR) is 63.0 cm³/mol. The molecule has 6 nitrogen and oxygen atoms in total. The van der Waals surface area contributed by atoms with Gasteiger partial charge in [-0.15, -0.1) is 5.10 Å². The summed E-state index contributed by atoms with van der Waals surface area (Å²) in [5.41, 5.74) is -1.04. The van der Waals surface area contributed by atoms with Crippen LogP contribution in [0.2, 0.25) is 0 Å². The van der Waals surface area contributed by atoms with Gasteiger partial charge in [-0.2, -0.15) is 0 Å². The first-order chi connectivity index (χ1) is 8.56. The van der Waals surface area contributed by atoms with Gasteiger partial charge in [0.15, 0.2) is 11.4 Å². The molecule has 0 radical (unpaired) electrons. The average Bonchev–Trinajstić information content (AvgIpc) is 2.83. The maximum atomic E-state index is 11.5. The standard InChI is InChI=1S/C12H18N4O2/c1-3-12(2,11(17)18)16-10(13-14-15-16)9-5-7-4-8(7)6-9/h7-9H,3-6H2,1-2H3,(H,17,18). The third-order valence-corrected chi connectivity index (χ3v) is 4.72. The van der Waals surface area contributed by atoms with Gasteiger partial charge in [-0.25, -0.2) is 9.48 Å². The third kappa shape index (κ3) is 1.54. The smallest absolute Gasteiger partial charge is 0.331 e. The molecule has 1 aromatic rings. The summed E-state index contributed by atoms with van der Waals surface area (Å²) < 4.78 is 1.53. The van der Waals surface area contributed by atoms with Crippen molar-refractivity contribution in [3.63, 3.8) is 0 Å². The fraction of sp³-hybridized carbons (Fsp3) is 0.833. The zero-order chi connectivity index (χ0) is 12.9. The van der Waals surface area contributed by atoms with Crippen LogP contribution in [0.25, 0.3) is 0 Å². The number of nitrogens with zero attached hydrogens (tertiary/aromatic N) is 4. The van der Waals surface area contributed by atoms with Crippen molar-refractivity contribution in [2.75, 3.05) is 0 Å². The zero-order valence-corrected chi connectivity index (χ0v) is 10.7. The molecule has 0 spiro atoms. The second-order valence-electron chi connectivity index (χ2n) is 5.81. The molecule has 0 aliphatic heterocycles. The summed E-state index contributed by atoms with van der Waals surface area (Å²) in [5, 5.41) is 21.1. The van der Waals surface area contributed by atoms with Crippen molar-refractivity contribution in [1.82, 2.24) is 20.2 Å². The first-order valence-corrected chi connectivity index (χ1v) is 6.58. The van der Waals surface area contributed by atoms with Gasteiger partial charge in [-0.1, -0.05) is 6.92 Å². The molecule has 0 saturated heterocycles. The van der Waals surface area contributed by atoms with Crippen molar-refractivity contribution in [3.8, 4) is 0 Å². The topological polar surface area (TPSA) is 80.9 Å². The molecule has 0 aromatic carbocycles. The lowest BCUT2D eigenvalue weighted by atomic mass is 9.96. The van der Waals surface area contributed by atoms with Crippen molar-refractivity contribution >= 4 is 5.97 Å². The molecule has 2 saturated carbocycles. The summed E-state index contributed by atoms with van der Waals surface area (Å²) in [6, 6.07) is 0. The molecule has 2 fully saturated rings. The van der Waals surface area contributed by atoms with E-state index in [4.69, 9.17) is 0 Å². The van der Waals surface area contributed by atoms with Crippen LogP contribution in [0.15, 0.2) is 0 Å². The molecule has 1 aromatic heterocycles. The van der Waals surface area contributed by atoms with Crippen LogP contribution < -0.4 is 0 Å². The van der Waals surface area contributed by atoms with Gasteiger partial charge in [0, 0.05) is 5.92 Å². The lowest BCUT2D eigenvalue weighted by Crippen LogP contribution is -2.40. The first-order valence-electron chi connectivity index (χ1n) is 6.58. The van der Waals surface area contributed by atoms with Crippen LogP contribution in [0.1, 0.15) is 51.3 Å². The molecule has 3 rings (SSSR count). The van der Waals surface area contributed by atoms with E-state index in [2.05, 4.69) is 15.5 Å². The molecule has 3 atom stereocenters. The fourth-order valence-corrected chi connectivity index (χ4v) is 3.12. The molecule has 1 heterocycles. The van der Waals surface area contributed by atoms with E-state index in [-0.39, 0.29) is 0 Å². The van der Waals surface area contributed by atoms with E-state index in [1.807, 2.05) is 6.92 Å². The molecule has 2 aliphatic carbocycles. The number of hydrogen-bond donors (Lipinski definition) is 1. The SMILES string of the molecule is CCC(C)(C(=O)O)n1nnnc1C1CC2CC2C1. The highest BCUT2D eigenvalue weighted by molar-refractivity contribution is 5.76. The Hall–Kier alpha value is -1.46. The number of fused-ring (bicyclic) bond motifs is 1. The number of carboxylic acids is 1. The Morgan fingerprint density at radius 3 is 2.67 bits per heavy atom. The highest BCUT2D eigenvalue weighted by Gasteiger charge is 2.49. The first kappa shape index (κ1) is 11.6. The lowest BCUT2D eigenvalue weighted by Gasteiger charge is -2.25. The van der Waals surface area contributed by atoms with Crippen LogP contribution in [0, 0.1) is 11.8 Å². The predicted octanol–water partition coefficient (Wildman–Crippen LogP) is 1.40. The zero-order valence-electron chi connectivity index (χ0n) is 10.7. The van der Waals surface area contributed by atoms with Gasteiger partial charge in [0.05, 0.1) is 0 Å². The molecule has 2 aliphatic rings. The Morgan fingerprint density at radius 2 is 2.11 bits per heavy atom. The van der Waals surface area contributed by atoms with Crippen LogP contribution >= 0.6 is 0 Å². The number of tetrazole rings is 1. The highest BCUT2D eigenvalue weighted by atomic mass is 16.4. The average molecular weight is 250 g/mol. The van der Waals surface area contributed by atoms with Crippen molar-refractivity contribution in [2.24, 2.45) is 11.8 Å². The summed E-state index contributed by atoms with van der Waals surface area (Å²) in [4.78, 5) is 11.5. The Labute approximate surface area is 105 Å². The van der Waals surface area contributed by atoms with Gasteiger partial charge in [0.2, 0.25) is 0 Å². The number of carboxylic acid groups (broad SMARTS) is 1. The second kappa shape index (κ2) is 3.76. The van der Waals surface area contributed by atoms with Crippen molar-refractivity contribution in [3.05, 3.63) is 5.82 Å². The van der Waals surface area contributed by atoms with Gasteiger partial charge in [0.1, 0.15) is 0 Å². The van der Waals surface area contributed by atoms with E-state index in [1.165, 1.54) is 11.1 Å². The Bertz CT molecular complexity index is 476. The van der Waals surface area contributed by atoms with Crippen LogP contribution in [0.3, 0.4) is 0 Å². The van der Waals surface area contributed by atoms with Gasteiger partial charge in [-0.05, 0) is 54.9 Å². The molecular weight excluding hydrogens is 232 g/mol. The van der Waals surface area contributed by atoms with Crippen molar-refractivity contribution in [2.45, 2.75) is 51.0 Å². The van der Waals surface area contributed by atoms with Gasteiger partial charge in [0.25, 0.3) is 0 Å². The molecule has 0 bridgehead atoms. The summed E-state index contributed by atoms with van der Waals surface area (Å²) in [5.74, 6) is 1.89. The molecule has 0 amide bonds. The number of carbonyl (C=O) groups is 1. The number of hydrogen-bond acceptors (Lipinski definition) is 4. The molecule has 6 heteroatoms. The number of aliphatic carboxylic acids is 1. The number of rotatable bonds is 4. The minimum Gasteiger partial charge on any atom is -0.479 e. The van der Waals surface area contributed by atoms with Crippen LogP contribution in [-0.2, 0) is 10.3 Å². The maximum absolute atomic E-state index is 11.5. The summed E-state index contributed by atoms with van der Waals surface area (Å²) >= 11 is 0. The lowest BCUT2D eigenvalue weighted by molar-refractivity contribution is -0.147. The largest absolute Gasteiger partial charge is 0.479 e. The van der Waals surface area contributed by atoms with E-state index < -0.39 is 11.5 Å². The summed E-state index contributed by atoms with van der Waals surface area (Å²) in [6.07, 6.45) is 4.04. The van der Waals surface area contributed by atoms with Crippen LogP contribution in [0.4, 0.5) is 0 Å².